The Hall–Kier alpha value is -1.79. The van der Waals surface area contributed by atoms with Gasteiger partial charge in [-0.2, -0.15) is 5.10 Å². The molecule has 0 spiro atoms. The Kier molecular flexibility index (Phi) is 4.24. The summed E-state index contributed by atoms with van der Waals surface area (Å²) >= 11 is 0. The fraction of sp³-hybridized carbons (Fsp3) is 0.308. The van der Waals surface area contributed by atoms with Crippen molar-refractivity contribution in [3.63, 3.8) is 0 Å². The van der Waals surface area contributed by atoms with Crippen molar-refractivity contribution in [2.24, 2.45) is 12.9 Å². The molecule has 0 aliphatic rings. The second-order valence-corrected chi connectivity index (χ2v) is 4.57. The molecule has 0 bridgehead atoms. The quantitative estimate of drug-likeness (QED) is 0.634. The molecule has 0 aliphatic heterocycles. The lowest BCUT2D eigenvalue weighted by atomic mass is 10.0. The third kappa shape index (κ3) is 3.84. The largest absolute Gasteiger partial charge is 0.276 e. The zero-order chi connectivity index (χ0) is 13.8. The molecule has 1 aromatic heterocycles. The fourth-order valence-corrected chi connectivity index (χ4v) is 2.07. The Labute approximate surface area is 110 Å². The average molecular weight is 266 g/mol. The topological polar surface area (TPSA) is 55.9 Å². The van der Waals surface area contributed by atoms with Crippen molar-refractivity contribution in [3.05, 3.63) is 53.4 Å². The molecule has 4 nitrogen and oxygen atoms in total. The lowest BCUT2D eigenvalue weighted by Gasteiger charge is -2.15. The molecule has 2 rings (SSSR count). The second-order valence-electron chi connectivity index (χ2n) is 4.57. The van der Waals surface area contributed by atoms with Gasteiger partial charge in [-0.3, -0.25) is 16.0 Å². The molecule has 1 unspecified atom stereocenters. The van der Waals surface area contributed by atoms with Gasteiger partial charge in [-0.1, -0.05) is 0 Å². The van der Waals surface area contributed by atoms with Crippen LogP contribution in [0.5, 0.6) is 0 Å². The van der Waals surface area contributed by atoms with Crippen molar-refractivity contribution in [1.82, 2.24) is 15.2 Å². The summed E-state index contributed by atoms with van der Waals surface area (Å²) in [5, 5.41) is 4.07. The SMILES string of the molecule is Cn1cc(CC(Cc2cc(F)cc(F)c2)NN)cn1. The molecule has 0 fully saturated rings. The molecule has 0 radical (unpaired) electrons. The molecule has 0 saturated heterocycles. The maximum atomic E-state index is 13.1. The lowest BCUT2D eigenvalue weighted by Crippen LogP contribution is -2.38. The first kappa shape index (κ1) is 13.6. The number of nitrogens with zero attached hydrogens (tertiary/aromatic N) is 2. The molecule has 6 heteroatoms. The van der Waals surface area contributed by atoms with Crippen molar-refractivity contribution < 1.29 is 8.78 Å². The van der Waals surface area contributed by atoms with E-state index in [-0.39, 0.29) is 6.04 Å². The second kappa shape index (κ2) is 5.90. The molecule has 3 N–H and O–H groups in total. The summed E-state index contributed by atoms with van der Waals surface area (Å²) in [6.45, 7) is 0. The monoisotopic (exact) mass is 266 g/mol. The highest BCUT2D eigenvalue weighted by Crippen LogP contribution is 2.12. The van der Waals surface area contributed by atoms with E-state index in [2.05, 4.69) is 10.5 Å². The van der Waals surface area contributed by atoms with Crippen LogP contribution >= 0.6 is 0 Å². The summed E-state index contributed by atoms with van der Waals surface area (Å²) in [7, 11) is 1.83. The number of nitrogens with one attached hydrogen (secondary N) is 1. The number of nitrogens with two attached hydrogens (primary N) is 1. The van der Waals surface area contributed by atoms with E-state index in [0.717, 1.165) is 11.6 Å². The van der Waals surface area contributed by atoms with Crippen LogP contribution in [0.3, 0.4) is 0 Å². The van der Waals surface area contributed by atoms with Gasteiger partial charge >= 0.3 is 0 Å². The van der Waals surface area contributed by atoms with Crippen molar-refractivity contribution in [3.8, 4) is 0 Å². The van der Waals surface area contributed by atoms with E-state index >= 15 is 0 Å². The smallest absolute Gasteiger partial charge is 0.126 e. The van der Waals surface area contributed by atoms with Gasteiger partial charge in [0.1, 0.15) is 11.6 Å². The maximum absolute atomic E-state index is 13.1. The van der Waals surface area contributed by atoms with E-state index in [9.17, 15) is 8.78 Å². The van der Waals surface area contributed by atoms with Gasteiger partial charge in [-0.25, -0.2) is 8.78 Å². The zero-order valence-corrected chi connectivity index (χ0v) is 10.6. The van der Waals surface area contributed by atoms with Gasteiger partial charge < -0.3 is 0 Å². The first-order chi connectivity index (χ1) is 9.06. The number of aryl methyl sites for hydroxylation is 1. The number of hydrogen-bond donors (Lipinski definition) is 2. The van der Waals surface area contributed by atoms with Crippen LogP contribution in [-0.4, -0.2) is 15.8 Å². The summed E-state index contributed by atoms with van der Waals surface area (Å²) in [5.74, 6) is 4.33. The first-order valence-corrected chi connectivity index (χ1v) is 5.95. The number of halogens is 2. The van der Waals surface area contributed by atoms with Gasteiger partial charge in [0.25, 0.3) is 0 Å². The van der Waals surface area contributed by atoms with E-state index in [0.29, 0.717) is 18.4 Å². The highest BCUT2D eigenvalue weighted by atomic mass is 19.1. The molecule has 0 amide bonds. The minimum atomic E-state index is -0.577. The number of rotatable bonds is 5. The predicted octanol–water partition coefficient (Wildman–Crippen LogP) is 1.32. The highest BCUT2D eigenvalue weighted by molar-refractivity contribution is 5.19. The Bertz CT molecular complexity index is 533. The van der Waals surface area contributed by atoms with Crippen molar-refractivity contribution in [2.45, 2.75) is 18.9 Å². The summed E-state index contributed by atoms with van der Waals surface area (Å²) in [5.41, 5.74) is 4.25. The van der Waals surface area contributed by atoms with Crippen LogP contribution in [0.4, 0.5) is 8.78 Å². The zero-order valence-electron chi connectivity index (χ0n) is 10.6. The Morgan fingerprint density at radius 2 is 1.84 bits per heavy atom. The average Bonchev–Trinajstić information content (AvgIpc) is 2.72. The Morgan fingerprint density at radius 1 is 1.21 bits per heavy atom. The van der Waals surface area contributed by atoms with Crippen molar-refractivity contribution in [1.29, 1.82) is 0 Å². The van der Waals surface area contributed by atoms with Crippen LogP contribution in [0, 0.1) is 11.6 Å². The van der Waals surface area contributed by atoms with E-state index in [1.54, 1.807) is 10.9 Å². The van der Waals surface area contributed by atoms with E-state index in [1.807, 2.05) is 13.2 Å². The minimum absolute atomic E-state index is 0.106. The van der Waals surface area contributed by atoms with Crippen LogP contribution in [0.15, 0.2) is 30.6 Å². The molecule has 19 heavy (non-hydrogen) atoms. The number of aromatic nitrogens is 2. The molecule has 1 atom stereocenters. The molecular weight excluding hydrogens is 250 g/mol. The Morgan fingerprint density at radius 3 is 2.37 bits per heavy atom. The predicted molar refractivity (Wildman–Crippen MR) is 68.1 cm³/mol. The van der Waals surface area contributed by atoms with Crippen molar-refractivity contribution in [2.75, 3.05) is 0 Å². The summed E-state index contributed by atoms with van der Waals surface area (Å²) in [4.78, 5) is 0. The van der Waals surface area contributed by atoms with Crippen LogP contribution < -0.4 is 11.3 Å². The minimum Gasteiger partial charge on any atom is -0.276 e. The lowest BCUT2D eigenvalue weighted by molar-refractivity contribution is 0.516. The fourth-order valence-electron chi connectivity index (χ4n) is 2.07. The van der Waals surface area contributed by atoms with Crippen LogP contribution in [-0.2, 0) is 19.9 Å². The normalized spacial score (nSPS) is 12.6. The highest BCUT2D eigenvalue weighted by Gasteiger charge is 2.11. The van der Waals surface area contributed by atoms with Crippen molar-refractivity contribution >= 4 is 0 Å². The van der Waals surface area contributed by atoms with Crippen LogP contribution in [0.1, 0.15) is 11.1 Å². The molecule has 0 aliphatic carbocycles. The molecular formula is C13H16F2N4. The first-order valence-electron chi connectivity index (χ1n) is 5.95. The van der Waals surface area contributed by atoms with E-state index in [1.165, 1.54) is 12.1 Å². The summed E-state index contributed by atoms with van der Waals surface area (Å²) in [6.07, 6.45) is 4.72. The standard InChI is InChI=1S/C13H16F2N4/c1-19-8-10(7-17-19)5-13(18-16)4-9-2-11(14)6-12(15)3-9/h2-3,6-8,13,18H,4-5,16H2,1H3. The van der Waals surface area contributed by atoms with Gasteiger partial charge in [0.2, 0.25) is 0 Å². The number of benzene rings is 1. The van der Waals surface area contributed by atoms with Gasteiger partial charge in [0, 0.05) is 25.4 Å². The van der Waals surface area contributed by atoms with Gasteiger partial charge in [0.15, 0.2) is 0 Å². The van der Waals surface area contributed by atoms with Crippen LogP contribution in [0.2, 0.25) is 0 Å². The Balaban J connectivity index is 2.06. The summed E-state index contributed by atoms with van der Waals surface area (Å²) < 4.78 is 27.9. The third-order valence-corrected chi connectivity index (χ3v) is 2.88. The third-order valence-electron chi connectivity index (χ3n) is 2.88. The maximum Gasteiger partial charge on any atom is 0.126 e. The van der Waals surface area contributed by atoms with Gasteiger partial charge in [-0.15, -0.1) is 0 Å². The van der Waals surface area contributed by atoms with Gasteiger partial charge in [0.05, 0.1) is 6.20 Å². The van der Waals surface area contributed by atoms with Crippen LogP contribution in [0.25, 0.3) is 0 Å². The molecule has 102 valence electrons. The molecule has 1 aromatic carbocycles. The molecule has 1 heterocycles. The number of hydrazine groups is 1. The summed E-state index contributed by atoms with van der Waals surface area (Å²) in [6, 6.07) is 3.38. The van der Waals surface area contributed by atoms with E-state index < -0.39 is 11.6 Å². The molecule has 0 saturated carbocycles. The molecule has 2 aromatic rings. The van der Waals surface area contributed by atoms with Gasteiger partial charge in [-0.05, 0) is 36.1 Å². The van der Waals surface area contributed by atoms with E-state index in [4.69, 9.17) is 5.84 Å². The number of hydrogen-bond acceptors (Lipinski definition) is 3.